The normalized spacial score (nSPS) is 17.2. The molecule has 0 spiro atoms. The van der Waals surface area contributed by atoms with Crippen molar-refractivity contribution in [2.45, 2.75) is 103 Å². The fourth-order valence-electron chi connectivity index (χ4n) is 2.99. The van der Waals surface area contributed by atoms with Crippen LogP contribution < -0.4 is 0 Å². The Kier molecular flexibility index (Phi) is 12.7. The molecule has 0 saturated heterocycles. The lowest BCUT2D eigenvalue weighted by Crippen LogP contribution is -2.23. The lowest BCUT2D eigenvalue weighted by atomic mass is 10.0. The summed E-state index contributed by atoms with van der Waals surface area (Å²) in [6.07, 6.45) is 23.2. The quantitative estimate of drug-likeness (QED) is 0.186. The Labute approximate surface area is 143 Å². The lowest BCUT2D eigenvalue weighted by Gasteiger charge is -2.18. The molecule has 1 atom stereocenters. The van der Waals surface area contributed by atoms with Crippen molar-refractivity contribution < 1.29 is 4.74 Å². The standard InChI is InChI=1S/C19H36ClNO/c1-2-3-4-5-6-7-8-9-10-11-12-13-14-15-16-21-17-18-22-19(21)20/h17-19H,2-16H2,1H3. The molecule has 0 saturated carbocycles. The first kappa shape index (κ1) is 19.7. The number of unbranched alkanes of at least 4 members (excludes halogenated alkanes) is 13. The van der Waals surface area contributed by atoms with E-state index in [2.05, 4.69) is 11.8 Å². The van der Waals surface area contributed by atoms with E-state index in [1.807, 2.05) is 6.20 Å². The van der Waals surface area contributed by atoms with Gasteiger partial charge >= 0.3 is 0 Å². The topological polar surface area (TPSA) is 12.5 Å². The molecule has 0 aromatic heterocycles. The van der Waals surface area contributed by atoms with Gasteiger partial charge in [-0.2, -0.15) is 0 Å². The average molecular weight is 330 g/mol. The predicted molar refractivity (Wildman–Crippen MR) is 96.9 cm³/mol. The predicted octanol–water partition coefficient (Wildman–Crippen LogP) is 6.79. The number of rotatable bonds is 15. The number of hydrogen-bond acceptors (Lipinski definition) is 2. The van der Waals surface area contributed by atoms with Crippen LogP contribution in [-0.2, 0) is 4.74 Å². The largest absolute Gasteiger partial charge is 0.463 e. The minimum Gasteiger partial charge on any atom is -0.463 e. The van der Waals surface area contributed by atoms with Gasteiger partial charge in [-0.05, 0) is 6.42 Å². The van der Waals surface area contributed by atoms with Crippen molar-refractivity contribution in [1.82, 2.24) is 4.90 Å². The molecule has 1 aliphatic rings. The summed E-state index contributed by atoms with van der Waals surface area (Å²) in [5, 5.41) is 0. The zero-order chi connectivity index (χ0) is 15.9. The van der Waals surface area contributed by atoms with E-state index in [9.17, 15) is 0 Å². The molecule has 0 bridgehead atoms. The third-order valence-corrected chi connectivity index (χ3v) is 4.83. The molecule has 1 aliphatic heterocycles. The molecule has 0 N–H and O–H groups in total. The van der Waals surface area contributed by atoms with Gasteiger partial charge in [-0.3, -0.25) is 0 Å². The van der Waals surface area contributed by atoms with Crippen LogP contribution >= 0.6 is 11.6 Å². The molecule has 0 radical (unpaired) electrons. The summed E-state index contributed by atoms with van der Waals surface area (Å²) in [4.78, 5) is 2.06. The number of halogens is 1. The second-order valence-electron chi connectivity index (χ2n) is 6.55. The van der Waals surface area contributed by atoms with Crippen molar-refractivity contribution in [3.8, 4) is 0 Å². The SMILES string of the molecule is CCCCCCCCCCCCCCCCN1C=COC1Cl. The van der Waals surface area contributed by atoms with E-state index in [-0.39, 0.29) is 5.69 Å². The highest BCUT2D eigenvalue weighted by atomic mass is 35.5. The Hall–Kier alpha value is -0.370. The Balaban J connectivity index is 1.70. The van der Waals surface area contributed by atoms with E-state index in [0.717, 1.165) is 6.54 Å². The van der Waals surface area contributed by atoms with Gasteiger partial charge in [0.25, 0.3) is 0 Å². The Morgan fingerprint density at radius 2 is 1.23 bits per heavy atom. The Morgan fingerprint density at radius 1 is 0.773 bits per heavy atom. The second-order valence-corrected chi connectivity index (χ2v) is 6.92. The van der Waals surface area contributed by atoms with E-state index >= 15 is 0 Å². The number of ether oxygens (including phenoxy) is 1. The molecule has 130 valence electrons. The molecular formula is C19H36ClNO. The highest BCUT2D eigenvalue weighted by Crippen LogP contribution is 2.17. The van der Waals surface area contributed by atoms with E-state index in [1.54, 1.807) is 6.26 Å². The van der Waals surface area contributed by atoms with Crippen LogP contribution in [0.3, 0.4) is 0 Å². The van der Waals surface area contributed by atoms with Crippen molar-refractivity contribution in [2.24, 2.45) is 0 Å². The summed E-state index contributed by atoms with van der Waals surface area (Å²) in [6.45, 7) is 3.30. The summed E-state index contributed by atoms with van der Waals surface area (Å²) >= 11 is 5.98. The monoisotopic (exact) mass is 329 g/mol. The fraction of sp³-hybridized carbons (Fsp3) is 0.895. The van der Waals surface area contributed by atoms with Crippen LogP contribution in [0.25, 0.3) is 0 Å². The molecule has 0 aromatic carbocycles. The smallest absolute Gasteiger partial charge is 0.249 e. The van der Waals surface area contributed by atoms with Crippen LogP contribution in [0.1, 0.15) is 96.8 Å². The molecule has 1 rings (SSSR count). The van der Waals surface area contributed by atoms with Gasteiger partial charge in [0.1, 0.15) is 6.26 Å². The molecule has 2 nitrogen and oxygen atoms in total. The number of alkyl halides is 1. The van der Waals surface area contributed by atoms with Crippen molar-refractivity contribution >= 4 is 11.6 Å². The average Bonchev–Trinajstić information content (AvgIpc) is 2.93. The molecule has 1 heterocycles. The van der Waals surface area contributed by atoms with Gasteiger partial charge in [0, 0.05) is 12.7 Å². The molecule has 0 fully saturated rings. The highest BCUT2D eigenvalue weighted by Gasteiger charge is 2.15. The summed E-state index contributed by atoms with van der Waals surface area (Å²) in [7, 11) is 0. The fourth-order valence-corrected chi connectivity index (χ4v) is 3.21. The molecule has 1 unspecified atom stereocenters. The first-order valence-corrected chi connectivity index (χ1v) is 10.00. The third kappa shape index (κ3) is 10.4. The molecule has 0 aliphatic carbocycles. The minimum atomic E-state index is -0.276. The maximum Gasteiger partial charge on any atom is 0.249 e. The van der Waals surface area contributed by atoms with Crippen LogP contribution in [0, 0.1) is 0 Å². The van der Waals surface area contributed by atoms with E-state index < -0.39 is 0 Å². The van der Waals surface area contributed by atoms with E-state index in [0.29, 0.717) is 0 Å². The van der Waals surface area contributed by atoms with Crippen LogP contribution in [0.2, 0.25) is 0 Å². The first-order chi connectivity index (χ1) is 10.8. The summed E-state index contributed by atoms with van der Waals surface area (Å²) in [5.74, 6) is 0. The van der Waals surface area contributed by atoms with Gasteiger partial charge in [-0.15, -0.1) is 0 Å². The summed E-state index contributed by atoms with van der Waals surface area (Å²) < 4.78 is 5.15. The Morgan fingerprint density at radius 3 is 1.64 bits per heavy atom. The van der Waals surface area contributed by atoms with Crippen molar-refractivity contribution in [3.63, 3.8) is 0 Å². The van der Waals surface area contributed by atoms with Gasteiger partial charge in [-0.25, -0.2) is 0 Å². The van der Waals surface area contributed by atoms with Crippen LogP contribution in [0.5, 0.6) is 0 Å². The van der Waals surface area contributed by atoms with Crippen molar-refractivity contribution in [3.05, 3.63) is 12.5 Å². The van der Waals surface area contributed by atoms with Gasteiger partial charge in [-0.1, -0.05) is 102 Å². The number of hydrogen-bond donors (Lipinski definition) is 0. The maximum atomic E-state index is 5.98. The van der Waals surface area contributed by atoms with Crippen LogP contribution in [-0.4, -0.2) is 17.1 Å². The van der Waals surface area contributed by atoms with Crippen molar-refractivity contribution in [2.75, 3.05) is 6.54 Å². The van der Waals surface area contributed by atoms with E-state index in [1.165, 1.54) is 89.9 Å². The van der Waals surface area contributed by atoms with Gasteiger partial charge in [0.15, 0.2) is 0 Å². The van der Waals surface area contributed by atoms with Gasteiger partial charge in [0.05, 0.1) is 0 Å². The number of nitrogens with zero attached hydrogens (tertiary/aromatic N) is 1. The van der Waals surface area contributed by atoms with Crippen LogP contribution in [0.15, 0.2) is 12.5 Å². The third-order valence-electron chi connectivity index (χ3n) is 4.47. The Bertz CT molecular complexity index is 270. The molecule has 3 heteroatoms. The molecule has 22 heavy (non-hydrogen) atoms. The molecule has 0 aromatic rings. The van der Waals surface area contributed by atoms with Crippen LogP contribution in [0.4, 0.5) is 0 Å². The van der Waals surface area contributed by atoms with E-state index in [4.69, 9.17) is 16.3 Å². The lowest BCUT2D eigenvalue weighted by molar-refractivity contribution is 0.129. The zero-order valence-electron chi connectivity index (χ0n) is 14.6. The van der Waals surface area contributed by atoms with Gasteiger partial charge in [0.2, 0.25) is 5.69 Å². The molecular weight excluding hydrogens is 294 g/mol. The molecule has 0 amide bonds. The maximum absolute atomic E-state index is 5.98. The highest BCUT2D eigenvalue weighted by molar-refractivity contribution is 6.19. The van der Waals surface area contributed by atoms with Crippen molar-refractivity contribution in [1.29, 1.82) is 0 Å². The summed E-state index contributed by atoms with van der Waals surface area (Å²) in [5.41, 5.74) is -0.276. The van der Waals surface area contributed by atoms with Gasteiger partial charge < -0.3 is 9.64 Å². The second kappa shape index (κ2) is 14.2. The minimum absolute atomic E-state index is 0.276. The summed E-state index contributed by atoms with van der Waals surface area (Å²) in [6, 6.07) is 0. The zero-order valence-corrected chi connectivity index (χ0v) is 15.3. The first-order valence-electron chi connectivity index (χ1n) is 9.56.